The normalized spacial score (nSPS) is 11.0. The van der Waals surface area contributed by atoms with E-state index in [0.717, 1.165) is 0 Å². The lowest BCUT2D eigenvalue weighted by Crippen LogP contribution is -2.03. The van der Waals surface area contributed by atoms with Crippen LogP contribution in [0.3, 0.4) is 0 Å². The molecule has 120 valence electrons. The Labute approximate surface area is 129 Å². The Balaban J connectivity index is 2.63. The fourth-order valence-electron chi connectivity index (χ4n) is 1.71. The van der Waals surface area contributed by atoms with E-state index in [4.69, 9.17) is 29.6 Å². The van der Waals surface area contributed by atoms with Crippen LogP contribution in [0.4, 0.5) is 0 Å². The zero-order chi connectivity index (χ0) is 15.9. The molecule has 0 aliphatic carbocycles. The molecule has 0 aromatic heterocycles. The third-order valence-corrected chi connectivity index (χ3v) is 3.93. The molecule has 0 aliphatic heterocycles. The van der Waals surface area contributed by atoms with Gasteiger partial charge in [0, 0.05) is 22.8 Å². The van der Waals surface area contributed by atoms with Crippen molar-refractivity contribution in [2.75, 3.05) is 33.7 Å². The molecular weight excluding hydrogens is 320 g/mol. The van der Waals surface area contributed by atoms with Crippen LogP contribution in [0, 0.1) is 0 Å². The van der Waals surface area contributed by atoms with Gasteiger partial charge in [-0.25, -0.2) is 8.42 Å². The third kappa shape index (κ3) is 5.89. The lowest BCUT2D eigenvalue weighted by atomic mass is 10.2. The smallest absolute Gasteiger partial charge is 0.232 e. The molecule has 21 heavy (non-hydrogen) atoms. The highest BCUT2D eigenvalue weighted by Gasteiger charge is 2.13. The summed E-state index contributed by atoms with van der Waals surface area (Å²) in [5.74, 6) is 1.97. The van der Waals surface area contributed by atoms with E-state index in [1.807, 2.05) is 0 Å². The molecule has 1 aromatic carbocycles. The van der Waals surface area contributed by atoms with Gasteiger partial charge in [0.05, 0.1) is 33.7 Å². The van der Waals surface area contributed by atoms with Crippen LogP contribution in [0.15, 0.2) is 12.1 Å². The predicted molar refractivity (Wildman–Crippen MR) is 80.5 cm³/mol. The van der Waals surface area contributed by atoms with Crippen molar-refractivity contribution in [1.29, 1.82) is 0 Å². The van der Waals surface area contributed by atoms with Crippen molar-refractivity contribution in [3.63, 3.8) is 0 Å². The molecule has 0 heterocycles. The molecule has 1 aromatic rings. The SMILES string of the molecule is COc1cc(OCCCCS(=O)(=O)Cl)cc(OC)c1OC. The van der Waals surface area contributed by atoms with Gasteiger partial charge in [0.2, 0.25) is 14.8 Å². The molecule has 0 aliphatic rings. The summed E-state index contributed by atoms with van der Waals surface area (Å²) in [7, 11) is 6.25. The molecule has 0 atom stereocenters. The highest BCUT2D eigenvalue weighted by atomic mass is 35.7. The summed E-state index contributed by atoms with van der Waals surface area (Å²) in [6.07, 6.45) is 1.01. The van der Waals surface area contributed by atoms with Gasteiger partial charge in [-0.3, -0.25) is 0 Å². The third-order valence-electron chi connectivity index (χ3n) is 2.69. The molecule has 0 saturated carbocycles. The number of hydrogen-bond acceptors (Lipinski definition) is 6. The first-order chi connectivity index (χ1) is 9.91. The van der Waals surface area contributed by atoms with E-state index in [0.29, 0.717) is 42.4 Å². The van der Waals surface area contributed by atoms with Crippen LogP contribution in [0.1, 0.15) is 12.8 Å². The summed E-state index contributed by atoms with van der Waals surface area (Å²) in [6.45, 7) is 0.366. The molecule has 0 fully saturated rings. The average molecular weight is 339 g/mol. The lowest BCUT2D eigenvalue weighted by Gasteiger charge is -2.14. The molecule has 0 saturated heterocycles. The minimum atomic E-state index is -3.44. The monoisotopic (exact) mass is 338 g/mol. The molecule has 0 amide bonds. The van der Waals surface area contributed by atoms with E-state index in [-0.39, 0.29) is 5.75 Å². The number of rotatable bonds is 9. The van der Waals surface area contributed by atoms with Gasteiger partial charge in [-0.2, -0.15) is 0 Å². The molecule has 1 rings (SSSR count). The first-order valence-electron chi connectivity index (χ1n) is 6.26. The summed E-state index contributed by atoms with van der Waals surface area (Å²) in [6, 6.07) is 3.36. The first kappa shape index (κ1) is 17.7. The number of unbranched alkanes of at least 4 members (excludes halogenated alkanes) is 1. The standard InChI is InChI=1S/C13H19ClO6S/c1-17-11-8-10(9-12(18-2)13(11)19-3)20-6-4-5-7-21(14,15)16/h8-9H,4-7H2,1-3H3. The van der Waals surface area contributed by atoms with Crippen LogP contribution in [0.5, 0.6) is 23.0 Å². The second-order valence-electron chi connectivity index (χ2n) is 4.16. The minimum Gasteiger partial charge on any atom is -0.493 e. The van der Waals surface area contributed by atoms with Gasteiger partial charge in [-0.1, -0.05) is 0 Å². The molecule has 0 spiro atoms. The Morgan fingerprint density at radius 1 is 1.00 bits per heavy atom. The van der Waals surface area contributed by atoms with Gasteiger partial charge in [0.25, 0.3) is 0 Å². The Bertz CT molecular complexity index is 533. The maximum absolute atomic E-state index is 10.8. The van der Waals surface area contributed by atoms with E-state index in [9.17, 15) is 8.42 Å². The number of methoxy groups -OCH3 is 3. The van der Waals surface area contributed by atoms with Crippen LogP contribution >= 0.6 is 10.7 Å². The second kappa shape index (κ2) is 8.19. The lowest BCUT2D eigenvalue weighted by molar-refractivity contribution is 0.294. The first-order valence-corrected chi connectivity index (χ1v) is 8.74. The summed E-state index contributed by atoms with van der Waals surface area (Å²) in [5.41, 5.74) is 0. The largest absolute Gasteiger partial charge is 0.493 e. The zero-order valence-electron chi connectivity index (χ0n) is 12.2. The van der Waals surface area contributed by atoms with Gasteiger partial charge in [-0.15, -0.1) is 0 Å². The molecule has 0 unspecified atom stereocenters. The summed E-state index contributed by atoms with van der Waals surface area (Å²) < 4.78 is 42.7. The fourth-order valence-corrected chi connectivity index (χ4v) is 2.58. The maximum atomic E-state index is 10.8. The van der Waals surface area contributed by atoms with Crippen molar-refractivity contribution in [3.8, 4) is 23.0 Å². The number of benzene rings is 1. The van der Waals surface area contributed by atoms with Crippen LogP contribution in [-0.4, -0.2) is 42.1 Å². The van der Waals surface area contributed by atoms with Crippen LogP contribution in [0.2, 0.25) is 0 Å². The van der Waals surface area contributed by atoms with Gasteiger partial charge in [0.1, 0.15) is 5.75 Å². The van der Waals surface area contributed by atoms with Crippen molar-refractivity contribution in [3.05, 3.63) is 12.1 Å². The minimum absolute atomic E-state index is 0.0623. The molecule has 8 heteroatoms. The molecular formula is C13H19ClO6S. The molecule has 6 nitrogen and oxygen atoms in total. The predicted octanol–water partition coefficient (Wildman–Crippen LogP) is 2.44. The van der Waals surface area contributed by atoms with Crippen LogP contribution in [0.25, 0.3) is 0 Å². The second-order valence-corrected chi connectivity index (χ2v) is 7.06. The highest BCUT2D eigenvalue weighted by Crippen LogP contribution is 2.40. The van der Waals surface area contributed by atoms with E-state index in [1.165, 1.54) is 21.3 Å². The van der Waals surface area contributed by atoms with Crippen LogP contribution < -0.4 is 18.9 Å². The number of ether oxygens (including phenoxy) is 4. The quantitative estimate of drug-likeness (QED) is 0.508. The summed E-state index contributed by atoms with van der Waals surface area (Å²) in [5, 5.41) is 0. The number of hydrogen-bond donors (Lipinski definition) is 0. The Morgan fingerprint density at radius 2 is 1.57 bits per heavy atom. The van der Waals surface area contributed by atoms with Gasteiger partial charge in [-0.05, 0) is 12.8 Å². The van der Waals surface area contributed by atoms with E-state index in [2.05, 4.69) is 0 Å². The van der Waals surface area contributed by atoms with Crippen molar-refractivity contribution in [1.82, 2.24) is 0 Å². The zero-order valence-corrected chi connectivity index (χ0v) is 13.8. The van der Waals surface area contributed by atoms with E-state index in [1.54, 1.807) is 12.1 Å². The number of halogens is 1. The van der Waals surface area contributed by atoms with Crippen molar-refractivity contribution < 1.29 is 27.4 Å². The highest BCUT2D eigenvalue weighted by molar-refractivity contribution is 8.13. The van der Waals surface area contributed by atoms with Crippen LogP contribution in [-0.2, 0) is 9.05 Å². The Hall–Kier alpha value is -1.34. The summed E-state index contributed by atoms with van der Waals surface area (Å²) in [4.78, 5) is 0. The van der Waals surface area contributed by atoms with Crippen molar-refractivity contribution in [2.24, 2.45) is 0 Å². The Kier molecular flexibility index (Phi) is 6.91. The van der Waals surface area contributed by atoms with Gasteiger partial charge in [0.15, 0.2) is 11.5 Å². The Morgan fingerprint density at radius 3 is 2.00 bits per heavy atom. The summed E-state index contributed by atoms with van der Waals surface area (Å²) >= 11 is 0. The fraction of sp³-hybridized carbons (Fsp3) is 0.538. The van der Waals surface area contributed by atoms with E-state index < -0.39 is 9.05 Å². The van der Waals surface area contributed by atoms with E-state index >= 15 is 0 Å². The van der Waals surface area contributed by atoms with Crippen molar-refractivity contribution in [2.45, 2.75) is 12.8 Å². The maximum Gasteiger partial charge on any atom is 0.232 e. The molecule has 0 radical (unpaired) electrons. The van der Waals surface area contributed by atoms with Gasteiger partial charge < -0.3 is 18.9 Å². The topological polar surface area (TPSA) is 71.1 Å². The van der Waals surface area contributed by atoms with Crippen molar-refractivity contribution >= 4 is 19.7 Å². The van der Waals surface area contributed by atoms with Gasteiger partial charge >= 0.3 is 0 Å². The molecule has 0 N–H and O–H groups in total. The molecule has 0 bridgehead atoms. The average Bonchev–Trinajstić information content (AvgIpc) is 2.44.